The summed E-state index contributed by atoms with van der Waals surface area (Å²) < 4.78 is 71.5. The van der Waals surface area contributed by atoms with Crippen molar-refractivity contribution >= 4 is 21.9 Å². The van der Waals surface area contributed by atoms with Crippen molar-refractivity contribution in [1.29, 1.82) is 0 Å². The van der Waals surface area contributed by atoms with E-state index in [2.05, 4.69) is 30.4 Å². The van der Waals surface area contributed by atoms with Gasteiger partial charge in [0.1, 0.15) is 5.75 Å². The molecule has 0 amide bonds. The van der Waals surface area contributed by atoms with Gasteiger partial charge in [-0.3, -0.25) is 9.78 Å². The van der Waals surface area contributed by atoms with E-state index >= 15 is 0 Å². The van der Waals surface area contributed by atoms with Gasteiger partial charge in [0.15, 0.2) is 0 Å². The lowest BCUT2D eigenvalue weighted by Gasteiger charge is -2.18. The van der Waals surface area contributed by atoms with Crippen LogP contribution in [-0.2, 0) is 21.3 Å². The van der Waals surface area contributed by atoms with Crippen molar-refractivity contribution in [2.45, 2.75) is 31.5 Å². The largest absolute Gasteiger partial charge is 0.573 e. The molecule has 1 aromatic heterocycles. The molecule has 0 saturated carbocycles. The second kappa shape index (κ2) is 7.70. The van der Waals surface area contributed by atoms with Gasteiger partial charge in [0, 0.05) is 17.1 Å². The number of halogens is 6. The summed E-state index contributed by atoms with van der Waals surface area (Å²) in [4.78, 5) is 15.1. The number of hydrogen-bond donors (Lipinski definition) is 0. The van der Waals surface area contributed by atoms with Gasteiger partial charge in [0.05, 0.1) is 24.3 Å². The molecular formula is C12H11BrF5NO3. The second-order valence-corrected chi connectivity index (χ2v) is 4.49. The van der Waals surface area contributed by atoms with Crippen molar-refractivity contribution in [3.8, 4) is 5.75 Å². The Kier molecular flexibility index (Phi) is 6.51. The van der Waals surface area contributed by atoms with Crippen molar-refractivity contribution in [2.24, 2.45) is 0 Å². The number of hydrogen-bond acceptors (Lipinski definition) is 4. The Morgan fingerprint density at radius 3 is 2.50 bits per heavy atom. The Morgan fingerprint density at radius 2 is 2.05 bits per heavy atom. The van der Waals surface area contributed by atoms with Crippen molar-refractivity contribution in [3.63, 3.8) is 0 Å². The van der Waals surface area contributed by atoms with Crippen LogP contribution in [0.3, 0.4) is 0 Å². The first kappa shape index (κ1) is 18.6. The van der Waals surface area contributed by atoms with Crippen molar-refractivity contribution in [1.82, 2.24) is 4.98 Å². The van der Waals surface area contributed by atoms with Crippen LogP contribution in [0.1, 0.15) is 30.2 Å². The van der Waals surface area contributed by atoms with Crippen LogP contribution in [0, 0.1) is 0 Å². The van der Waals surface area contributed by atoms with Gasteiger partial charge in [0.25, 0.3) is 6.43 Å². The van der Waals surface area contributed by atoms with E-state index in [4.69, 9.17) is 0 Å². The SMILES string of the molecule is CCOC(=O)Cc1c(CBr)ncc(C(F)F)c1OC(F)(F)F. The highest BCUT2D eigenvalue weighted by atomic mass is 79.9. The number of ether oxygens (including phenoxy) is 2. The summed E-state index contributed by atoms with van der Waals surface area (Å²) in [5.41, 5.74) is -1.44. The molecule has 124 valence electrons. The molecule has 0 bridgehead atoms. The first-order chi connectivity index (χ1) is 10.2. The molecule has 0 spiro atoms. The third-order valence-electron chi connectivity index (χ3n) is 2.45. The highest BCUT2D eigenvalue weighted by Gasteiger charge is 2.36. The van der Waals surface area contributed by atoms with Gasteiger partial charge < -0.3 is 9.47 Å². The molecule has 0 unspecified atom stereocenters. The standard InChI is InChI=1S/C12H11BrF5NO3/c1-2-21-9(20)3-6-8(4-13)19-5-7(11(14)15)10(6)22-12(16,17)18/h5,11H,2-4H2,1H3. The molecule has 0 saturated heterocycles. The fraction of sp³-hybridized carbons (Fsp3) is 0.500. The number of carbonyl (C=O) groups excluding carboxylic acids is 1. The Morgan fingerprint density at radius 1 is 1.41 bits per heavy atom. The smallest absolute Gasteiger partial charge is 0.466 e. The van der Waals surface area contributed by atoms with Crippen molar-refractivity contribution in [3.05, 3.63) is 23.0 Å². The molecule has 0 aliphatic carbocycles. The quantitative estimate of drug-likeness (QED) is 0.419. The molecule has 0 N–H and O–H groups in total. The lowest BCUT2D eigenvalue weighted by molar-refractivity contribution is -0.275. The van der Waals surface area contributed by atoms with E-state index in [1.165, 1.54) is 6.92 Å². The first-order valence-electron chi connectivity index (χ1n) is 5.95. The predicted molar refractivity (Wildman–Crippen MR) is 68.8 cm³/mol. The van der Waals surface area contributed by atoms with Crippen molar-refractivity contribution < 1.29 is 36.2 Å². The fourth-order valence-corrected chi connectivity index (χ4v) is 2.12. The molecule has 1 heterocycles. The fourth-order valence-electron chi connectivity index (χ4n) is 1.63. The van der Waals surface area contributed by atoms with Crippen LogP contribution in [0.15, 0.2) is 6.20 Å². The summed E-state index contributed by atoms with van der Waals surface area (Å²) in [5, 5.41) is -0.0422. The number of carbonyl (C=O) groups is 1. The predicted octanol–water partition coefficient (Wildman–Crippen LogP) is 3.92. The van der Waals surface area contributed by atoms with Gasteiger partial charge in [-0.2, -0.15) is 0 Å². The lowest BCUT2D eigenvalue weighted by atomic mass is 10.1. The Hall–Kier alpha value is -1.45. The third-order valence-corrected chi connectivity index (χ3v) is 2.98. The number of aromatic nitrogens is 1. The number of nitrogens with zero attached hydrogens (tertiary/aromatic N) is 1. The molecule has 0 fully saturated rings. The summed E-state index contributed by atoms with van der Waals surface area (Å²) in [6.45, 7) is 1.50. The maximum atomic E-state index is 12.9. The van der Waals surface area contributed by atoms with E-state index in [-0.39, 0.29) is 23.2 Å². The van der Waals surface area contributed by atoms with E-state index < -0.39 is 36.5 Å². The Labute approximate surface area is 130 Å². The zero-order valence-electron chi connectivity index (χ0n) is 11.2. The van der Waals surface area contributed by atoms with Crippen LogP contribution in [0.4, 0.5) is 22.0 Å². The minimum Gasteiger partial charge on any atom is -0.466 e. The zero-order chi connectivity index (χ0) is 16.9. The summed E-state index contributed by atoms with van der Waals surface area (Å²) in [7, 11) is 0. The van der Waals surface area contributed by atoms with Gasteiger partial charge in [-0.05, 0) is 6.92 Å². The minimum atomic E-state index is -5.18. The maximum Gasteiger partial charge on any atom is 0.573 e. The Balaban J connectivity index is 3.39. The minimum absolute atomic E-state index is 0.0000923. The topological polar surface area (TPSA) is 48.4 Å². The highest BCUT2D eigenvalue weighted by molar-refractivity contribution is 9.08. The normalized spacial score (nSPS) is 11.6. The van der Waals surface area contributed by atoms with Crippen molar-refractivity contribution in [2.75, 3.05) is 6.61 Å². The summed E-state index contributed by atoms with van der Waals surface area (Å²) in [5.74, 6) is -1.98. The van der Waals surface area contributed by atoms with Crippen LogP contribution < -0.4 is 4.74 Å². The van der Waals surface area contributed by atoms with Crippen LogP contribution >= 0.6 is 15.9 Å². The van der Waals surface area contributed by atoms with Gasteiger partial charge in [-0.15, -0.1) is 13.2 Å². The van der Waals surface area contributed by atoms with Crippen LogP contribution in [0.2, 0.25) is 0 Å². The monoisotopic (exact) mass is 391 g/mol. The van der Waals surface area contributed by atoms with E-state index in [1.807, 2.05) is 0 Å². The average molecular weight is 392 g/mol. The molecule has 0 aromatic carbocycles. The van der Waals surface area contributed by atoms with E-state index in [0.29, 0.717) is 6.20 Å². The molecule has 1 rings (SSSR count). The molecule has 0 aliphatic heterocycles. The zero-order valence-corrected chi connectivity index (χ0v) is 12.8. The molecular weight excluding hydrogens is 381 g/mol. The molecule has 4 nitrogen and oxygen atoms in total. The number of alkyl halides is 6. The molecule has 10 heteroatoms. The number of pyridine rings is 1. The van der Waals surface area contributed by atoms with E-state index in [0.717, 1.165) is 0 Å². The Bertz CT molecular complexity index is 536. The molecule has 1 aromatic rings. The number of esters is 1. The summed E-state index contributed by atoms with van der Waals surface area (Å²) in [6.07, 6.45) is -8.49. The van der Waals surface area contributed by atoms with Gasteiger partial charge in [-0.25, -0.2) is 8.78 Å². The lowest BCUT2D eigenvalue weighted by Crippen LogP contribution is -2.21. The second-order valence-electron chi connectivity index (χ2n) is 3.93. The summed E-state index contributed by atoms with van der Waals surface area (Å²) in [6, 6.07) is 0. The van der Waals surface area contributed by atoms with Gasteiger partial charge >= 0.3 is 12.3 Å². The van der Waals surface area contributed by atoms with Crippen LogP contribution in [0.25, 0.3) is 0 Å². The van der Waals surface area contributed by atoms with Gasteiger partial charge in [0.2, 0.25) is 0 Å². The third kappa shape index (κ3) is 5.08. The van der Waals surface area contributed by atoms with E-state index in [1.54, 1.807) is 0 Å². The maximum absolute atomic E-state index is 12.9. The number of rotatable bonds is 6. The molecule has 0 radical (unpaired) electrons. The molecule has 0 atom stereocenters. The first-order valence-corrected chi connectivity index (χ1v) is 7.07. The molecule has 0 aliphatic rings. The van der Waals surface area contributed by atoms with Gasteiger partial charge in [-0.1, -0.05) is 15.9 Å². The highest BCUT2D eigenvalue weighted by Crippen LogP contribution is 2.37. The summed E-state index contributed by atoms with van der Waals surface area (Å²) >= 11 is 2.97. The van der Waals surface area contributed by atoms with Crippen LogP contribution in [0.5, 0.6) is 5.75 Å². The average Bonchev–Trinajstić information content (AvgIpc) is 2.38. The molecule has 22 heavy (non-hydrogen) atoms. The van der Waals surface area contributed by atoms with Crippen LogP contribution in [-0.4, -0.2) is 23.9 Å². The van der Waals surface area contributed by atoms with E-state index in [9.17, 15) is 26.7 Å².